The topological polar surface area (TPSA) is 62.1 Å². The van der Waals surface area contributed by atoms with E-state index in [4.69, 9.17) is 20.8 Å². The minimum Gasteiger partial charge on any atom is -0.405 e. The van der Waals surface area contributed by atoms with Gasteiger partial charge < -0.3 is 9.16 Å². The molecule has 3 heterocycles. The molecule has 2 aromatic carbocycles. The molecule has 5 rings (SSSR count). The Morgan fingerprint density at radius 1 is 1.00 bits per heavy atom. The van der Waals surface area contributed by atoms with Gasteiger partial charge in [-0.05, 0) is 21.8 Å². The molecule has 0 amide bonds. The van der Waals surface area contributed by atoms with E-state index in [1.807, 2.05) is 4.57 Å². The van der Waals surface area contributed by atoms with Gasteiger partial charge in [0.05, 0.1) is 19.0 Å². The van der Waals surface area contributed by atoms with Crippen LogP contribution in [0.4, 0.5) is 0 Å². The second kappa shape index (κ2) is 9.46. The van der Waals surface area contributed by atoms with E-state index in [-0.39, 0.29) is 23.3 Å². The average molecular weight is 507 g/mol. The standard InChI is InChI=1S/C27H31ClN4O2Si/c1-19-15-20(34-26(19)32-18-31-23-24(28)29-17-30-25(23)32)16-33-35(27(2,3)4,21-11-7-5-8-12-21)22-13-9-6-10-14-22/h5-14,17-20,26H,15-16H2,1-4H3/t19-,20+,26-/m1/s1. The van der Waals surface area contributed by atoms with Gasteiger partial charge in [-0.2, -0.15) is 0 Å². The van der Waals surface area contributed by atoms with Crippen molar-refractivity contribution < 1.29 is 9.16 Å². The monoisotopic (exact) mass is 506 g/mol. The van der Waals surface area contributed by atoms with Gasteiger partial charge in [-0.3, -0.25) is 4.57 Å². The summed E-state index contributed by atoms with van der Waals surface area (Å²) in [6.45, 7) is 9.60. The van der Waals surface area contributed by atoms with E-state index in [0.29, 0.717) is 22.9 Å². The van der Waals surface area contributed by atoms with Crippen LogP contribution in [0.25, 0.3) is 11.2 Å². The zero-order valence-corrected chi connectivity index (χ0v) is 22.3. The fraction of sp³-hybridized carbons (Fsp3) is 0.370. The number of fused-ring (bicyclic) bond motifs is 1. The van der Waals surface area contributed by atoms with Gasteiger partial charge in [0.15, 0.2) is 10.8 Å². The first-order chi connectivity index (χ1) is 16.8. The van der Waals surface area contributed by atoms with Crippen molar-refractivity contribution in [3.63, 3.8) is 0 Å². The van der Waals surface area contributed by atoms with E-state index in [2.05, 4.69) is 103 Å². The first-order valence-corrected chi connectivity index (χ1v) is 14.3. The summed E-state index contributed by atoms with van der Waals surface area (Å²) in [7, 11) is -2.62. The number of rotatable bonds is 6. The Labute approximate surface area is 212 Å². The molecule has 1 fully saturated rings. The molecule has 6 nitrogen and oxygen atoms in total. The summed E-state index contributed by atoms with van der Waals surface area (Å²) in [4.78, 5) is 12.9. The summed E-state index contributed by atoms with van der Waals surface area (Å²) < 4.78 is 15.6. The second-order valence-corrected chi connectivity index (χ2v) is 15.0. The van der Waals surface area contributed by atoms with Gasteiger partial charge in [0, 0.05) is 5.92 Å². The molecule has 1 saturated heterocycles. The molecule has 0 radical (unpaired) electrons. The first-order valence-electron chi connectivity index (χ1n) is 12.0. The molecule has 0 unspecified atom stereocenters. The molecule has 0 N–H and O–H groups in total. The Hall–Kier alpha value is -2.58. The lowest BCUT2D eigenvalue weighted by Gasteiger charge is -2.43. The number of hydrogen-bond acceptors (Lipinski definition) is 5. The van der Waals surface area contributed by atoms with Gasteiger partial charge in [-0.25, -0.2) is 15.0 Å². The van der Waals surface area contributed by atoms with Gasteiger partial charge >= 0.3 is 0 Å². The molecule has 1 aliphatic heterocycles. The van der Waals surface area contributed by atoms with Crippen LogP contribution in [0.5, 0.6) is 0 Å². The van der Waals surface area contributed by atoms with Crippen molar-refractivity contribution >= 4 is 41.5 Å². The minimum absolute atomic E-state index is 0.0357. The molecular formula is C27H31ClN4O2Si. The maximum absolute atomic E-state index is 7.11. The third-order valence-electron chi connectivity index (χ3n) is 6.94. The van der Waals surface area contributed by atoms with Crippen LogP contribution < -0.4 is 10.4 Å². The Bertz CT molecular complexity index is 1250. The maximum Gasteiger partial charge on any atom is 0.261 e. The molecular weight excluding hydrogens is 476 g/mol. The van der Waals surface area contributed by atoms with E-state index >= 15 is 0 Å². The van der Waals surface area contributed by atoms with Crippen molar-refractivity contribution in [2.45, 2.75) is 51.5 Å². The molecule has 182 valence electrons. The van der Waals surface area contributed by atoms with E-state index in [9.17, 15) is 0 Å². The highest BCUT2D eigenvalue weighted by atomic mass is 35.5. The highest BCUT2D eigenvalue weighted by Crippen LogP contribution is 2.40. The highest BCUT2D eigenvalue weighted by Gasteiger charge is 2.51. The van der Waals surface area contributed by atoms with Crippen molar-refractivity contribution in [3.05, 3.63) is 78.5 Å². The van der Waals surface area contributed by atoms with Crippen molar-refractivity contribution in [1.82, 2.24) is 19.5 Å². The van der Waals surface area contributed by atoms with Crippen LogP contribution in [0.1, 0.15) is 40.3 Å². The van der Waals surface area contributed by atoms with Crippen LogP contribution in [0, 0.1) is 5.92 Å². The van der Waals surface area contributed by atoms with Gasteiger partial charge in [-0.1, -0.05) is 100.0 Å². The average Bonchev–Trinajstić information content (AvgIpc) is 3.44. The van der Waals surface area contributed by atoms with E-state index in [0.717, 1.165) is 6.42 Å². The molecule has 3 atom stereocenters. The molecule has 0 spiro atoms. The normalized spacial score (nSPS) is 21.0. The SMILES string of the molecule is C[C@@H]1C[C@@H](CO[Si](c2ccccc2)(c2ccccc2)C(C)(C)C)O[C@H]1n1cnc2c(Cl)ncnc21. The van der Waals surface area contributed by atoms with Crippen LogP contribution in [-0.2, 0) is 9.16 Å². The molecule has 35 heavy (non-hydrogen) atoms. The number of hydrogen-bond donors (Lipinski definition) is 0. The van der Waals surface area contributed by atoms with Crippen molar-refractivity contribution in [3.8, 4) is 0 Å². The quantitative estimate of drug-likeness (QED) is 0.272. The number of aromatic nitrogens is 4. The summed E-state index contributed by atoms with van der Waals surface area (Å²) in [5.41, 5.74) is 1.28. The summed E-state index contributed by atoms with van der Waals surface area (Å²) in [5.74, 6) is 0.272. The third-order valence-corrected chi connectivity index (χ3v) is 12.2. The van der Waals surface area contributed by atoms with Crippen LogP contribution in [0.2, 0.25) is 10.2 Å². The van der Waals surface area contributed by atoms with Gasteiger partial charge in [0.1, 0.15) is 18.1 Å². The second-order valence-electron chi connectivity index (χ2n) is 10.3. The largest absolute Gasteiger partial charge is 0.405 e. The lowest BCUT2D eigenvalue weighted by Crippen LogP contribution is -2.67. The molecule has 1 aliphatic rings. The summed E-state index contributed by atoms with van der Waals surface area (Å²) in [5, 5.41) is 2.82. The Kier molecular flexibility index (Phi) is 6.52. The van der Waals surface area contributed by atoms with Gasteiger partial charge in [-0.15, -0.1) is 0 Å². The summed E-state index contributed by atoms with van der Waals surface area (Å²) in [6, 6.07) is 21.4. The first kappa shape index (κ1) is 24.1. The fourth-order valence-corrected chi connectivity index (χ4v) is 10.1. The molecule has 0 bridgehead atoms. The smallest absolute Gasteiger partial charge is 0.261 e. The maximum atomic E-state index is 7.11. The molecule has 0 aliphatic carbocycles. The predicted octanol–water partition coefficient (Wildman–Crippen LogP) is 4.98. The Morgan fingerprint density at radius 2 is 1.63 bits per heavy atom. The van der Waals surface area contributed by atoms with Crippen molar-refractivity contribution in [1.29, 1.82) is 0 Å². The Balaban J connectivity index is 1.44. The highest BCUT2D eigenvalue weighted by molar-refractivity contribution is 6.99. The third kappa shape index (κ3) is 4.31. The van der Waals surface area contributed by atoms with Crippen LogP contribution in [-0.4, -0.2) is 40.5 Å². The zero-order chi connectivity index (χ0) is 24.6. The Morgan fingerprint density at radius 3 is 2.23 bits per heavy atom. The fourth-order valence-electron chi connectivity index (χ4n) is 5.35. The minimum atomic E-state index is -2.62. The molecule has 8 heteroatoms. The summed E-state index contributed by atoms with van der Waals surface area (Å²) >= 11 is 6.22. The van der Waals surface area contributed by atoms with Gasteiger partial charge in [0.25, 0.3) is 8.32 Å². The van der Waals surface area contributed by atoms with E-state index in [1.165, 1.54) is 16.7 Å². The van der Waals surface area contributed by atoms with E-state index < -0.39 is 8.32 Å². The van der Waals surface area contributed by atoms with E-state index in [1.54, 1.807) is 6.33 Å². The molecule has 0 saturated carbocycles. The zero-order valence-electron chi connectivity index (χ0n) is 20.6. The molecule has 2 aromatic heterocycles. The number of ether oxygens (including phenoxy) is 1. The van der Waals surface area contributed by atoms with Crippen molar-refractivity contribution in [2.24, 2.45) is 5.92 Å². The van der Waals surface area contributed by atoms with Crippen LogP contribution >= 0.6 is 11.6 Å². The van der Waals surface area contributed by atoms with Crippen molar-refractivity contribution in [2.75, 3.05) is 6.61 Å². The lowest BCUT2D eigenvalue weighted by molar-refractivity contribution is -0.0266. The lowest BCUT2D eigenvalue weighted by atomic mass is 10.1. The number of benzene rings is 2. The van der Waals surface area contributed by atoms with Gasteiger partial charge in [0.2, 0.25) is 0 Å². The number of imidazole rings is 1. The molecule has 4 aromatic rings. The van der Waals surface area contributed by atoms with Crippen LogP contribution in [0.15, 0.2) is 73.3 Å². The summed E-state index contributed by atoms with van der Waals surface area (Å²) in [6.07, 6.45) is 3.88. The number of halogens is 1. The number of nitrogens with zero attached hydrogens (tertiary/aromatic N) is 4. The predicted molar refractivity (Wildman–Crippen MR) is 142 cm³/mol. The van der Waals surface area contributed by atoms with Crippen LogP contribution in [0.3, 0.4) is 0 Å².